The van der Waals surface area contributed by atoms with Crippen LogP contribution in [0.15, 0.2) is 18.2 Å². The third-order valence-corrected chi connectivity index (χ3v) is 0.912. The molecule has 1 rings (SSSR count). The Labute approximate surface area is 58.8 Å². The smallest absolute Gasteiger partial charge is 0.316 e. The fourth-order valence-electron chi connectivity index (χ4n) is 0.567. The van der Waals surface area contributed by atoms with Crippen LogP contribution < -0.4 is 11.1 Å². The molecular weight excluding hydrogens is 128 g/mol. The van der Waals surface area contributed by atoms with E-state index in [-0.39, 0.29) is 0 Å². The predicted molar refractivity (Wildman–Crippen MR) is 37.3 cm³/mol. The van der Waals surface area contributed by atoms with E-state index in [2.05, 4.69) is 17.4 Å². The Hall–Kier alpha value is -1.51. The Bertz CT molecular complexity index is 220. The zero-order valence-corrected chi connectivity index (χ0v) is 5.22. The summed E-state index contributed by atoms with van der Waals surface area (Å²) in [6, 6.07) is 9.75. The van der Waals surface area contributed by atoms with Crippen LogP contribution in [0, 0.1) is 12.1 Å². The molecule has 3 nitrogen and oxygen atoms in total. The molecule has 0 bridgehead atoms. The first-order chi connectivity index (χ1) is 4.79. The van der Waals surface area contributed by atoms with Crippen molar-refractivity contribution in [3.05, 3.63) is 30.3 Å². The summed E-state index contributed by atoms with van der Waals surface area (Å²) in [7, 11) is 0. The van der Waals surface area contributed by atoms with Crippen LogP contribution in [-0.4, -0.2) is 6.03 Å². The van der Waals surface area contributed by atoms with Crippen molar-refractivity contribution in [2.24, 2.45) is 5.73 Å². The van der Waals surface area contributed by atoms with Gasteiger partial charge in [-0.25, -0.2) is 4.79 Å². The van der Waals surface area contributed by atoms with Crippen molar-refractivity contribution < 1.29 is 4.79 Å². The second kappa shape index (κ2) is 2.87. The first-order valence-corrected chi connectivity index (χ1v) is 2.72. The molecule has 1 aromatic carbocycles. The average molecular weight is 134 g/mol. The van der Waals surface area contributed by atoms with Crippen LogP contribution in [0.25, 0.3) is 0 Å². The number of nitrogens with one attached hydrogen (secondary N) is 1. The molecule has 0 saturated carbocycles. The second-order valence-corrected chi connectivity index (χ2v) is 1.71. The van der Waals surface area contributed by atoms with E-state index in [0.717, 1.165) is 0 Å². The lowest BCUT2D eigenvalue weighted by atomic mass is 10.3. The summed E-state index contributed by atoms with van der Waals surface area (Å²) in [6.07, 6.45) is 0. The van der Waals surface area contributed by atoms with Gasteiger partial charge < -0.3 is 11.1 Å². The molecule has 0 heterocycles. The molecule has 10 heavy (non-hydrogen) atoms. The predicted octanol–water partition coefficient (Wildman–Crippen LogP) is 0.778. The zero-order valence-electron chi connectivity index (χ0n) is 5.22. The summed E-state index contributed by atoms with van der Waals surface area (Å²) >= 11 is 0. The SMILES string of the molecule is NC(=O)Nc1c[c]c[c]c1. The highest BCUT2D eigenvalue weighted by Gasteiger charge is 1.91. The van der Waals surface area contributed by atoms with E-state index in [9.17, 15) is 4.79 Å². The van der Waals surface area contributed by atoms with Crippen molar-refractivity contribution >= 4 is 11.7 Å². The van der Waals surface area contributed by atoms with Gasteiger partial charge in [-0.15, -0.1) is 0 Å². The molecule has 0 atom stereocenters. The molecule has 2 radical (unpaired) electrons. The summed E-state index contributed by atoms with van der Waals surface area (Å²) in [6.45, 7) is 0. The van der Waals surface area contributed by atoms with E-state index in [1.807, 2.05) is 0 Å². The van der Waals surface area contributed by atoms with Gasteiger partial charge in [0.05, 0.1) is 0 Å². The van der Waals surface area contributed by atoms with Gasteiger partial charge in [-0.1, -0.05) is 0 Å². The number of primary amides is 1. The molecule has 0 aliphatic rings. The van der Waals surface area contributed by atoms with Crippen LogP contribution >= 0.6 is 0 Å². The summed E-state index contributed by atoms with van der Waals surface area (Å²) in [5, 5.41) is 2.38. The van der Waals surface area contributed by atoms with Gasteiger partial charge in [0.15, 0.2) is 0 Å². The molecule has 0 spiro atoms. The Morgan fingerprint density at radius 1 is 1.50 bits per heavy atom. The third kappa shape index (κ3) is 1.78. The second-order valence-electron chi connectivity index (χ2n) is 1.71. The molecule has 0 unspecified atom stereocenters. The number of amides is 2. The largest absolute Gasteiger partial charge is 0.351 e. The van der Waals surface area contributed by atoms with Gasteiger partial charge in [0.1, 0.15) is 0 Å². The minimum atomic E-state index is -0.576. The van der Waals surface area contributed by atoms with Gasteiger partial charge in [0, 0.05) is 5.69 Å². The van der Waals surface area contributed by atoms with E-state index >= 15 is 0 Å². The highest BCUT2D eigenvalue weighted by Crippen LogP contribution is 2.01. The van der Waals surface area contributed by atoms with E-state index < -0.39 is 6.03 Å². The number of hydrogen-bond donors (Lipinski definition) is 2. The number of rotatable bonds is 1. The number of carbonyl (C=O) groups excluding carboxylic acids is 1. The number of hydrogen-bond acceptors (Lipinski definition) is 1. The van der Waals surface area contributed by atoms with Crippen molar-refractivity contribution in [2.75, 3.05) is 5.32 Å². The maximum atomic E-state index is 10.3. The number of carbonyl (C=O) groups is 1. The van der Waals surface area contributed by atoms with Crippen molar-refractivity contribution in [3.8, 4) is 0 Å². The molecule has 3 N–H and O–H groups in total. The van der Waals surface area contributed by atoms with Crippen molar-refractivity contribution in [1.29, 1.82) is 0 Å². The Morgan fingerprint density at radius 2 is 2.10 bits per heavy atom. The van der Waals surface area contributed by atoms with Gasteiger partial charge in [0.2, 0.25) is 0 Å². The number of benzene rings is 1. The van der Waals surface area contributed by atoms with E-state index in [1.165, 1.54) is 0 Å². The highest BCUT2D eigenvalue weighted by atomic mass is 16.2. The summed E-state index contributed by atoms with van der Waals surface area (Å²) < 4.78 is 0. The fraction of sp³-hybridized carbons (Fsp3) is 0. The normalized spacial score (nSPS) is 8.80. The summed E-state index contributed by atoms with van der Waals surface area (Å²) in [5.74, 6) is 0. The van der Waals surface area contributed by atoms with Gasteiger partial charge in [-0.2, -0.15) is 0 Å². The van der Waals surface area contributed by atoms with Crippen molar-refractivity contribution in [1.82, 2.24) is 0 Å². The Morgan fingerprint density at radius 3 is 2.60 bits per heavy atom. The summed E-state index contributed by atoms with van der Waals surface area (Å²) in [5.41, 5.74) is 5.45. The van der Waals surface area contributed by atoms with Gasteiger partial charge in [0.25, 0.3) is 0 Å². The lowest BCUT2D eigenvalue weighted by Gasteiger charge is -1.97. The first kappa shape index (κ1) is 6.61. The van der Waals surface area contributed by atoms with Crippen molar-refractivity contribution in [3.63, 3.8) is 0 Å². The monoisotopic (exact) mass is 134 g/mol. The quantitative estimate of drug-likeness (QED) is 0.585. The molecule has 0 saturated heterocycles. The minimum Gasteiger partial charge on any atom is -0.351 e. The van der Waals surface area contributed by atoms with Crippen LogP contribution in [0.5, 0.6) is 0 Å². The van der Waals surface area contributed by atoms with Crippen LogP contribution in [-0.2, 0) is 0 Å². The minimum absolute atomic E-state index is 0.576. The Kier molecular flexibility index (Phi) is 1.89. The van der Waals surface area contributed by atoms with E-state index in [0.29, 0.717) is 5.69 Å². The molecule has 0 aliphatic heterocycles. The Balaban J connectivity index is 2.67. The molecule has 0 fully saturated rings. The molecule has 0 aliphatic carbocycles. The van der Waals surface area contributed by atoms with Gasteiger partial charge in [-0.3, -0.25) is 0 Å². The maximum Gasteiger partial charge on any atom is 0.316 e. The topological polar surface area (TPSA) is 55.1 Å². The lowest BCUT2D eigenvalue weighted by molar-refractivity contribution is 0.259. The van der Waals surface area contributed by atoms with Crippen LogP contribution in [0.3, 0.4) is 0 Å². The van der Waals surface area contributed by atoms with Crippen LogP contribution in [0.2, 0.25) is 0 Å². The third-order valence-electron chi connectivity index (χ3n) is 0.912. The number of urea groups is 1. The molecule has 50 valence electrons. The number of nitrogens with two attached hydrogens (primary N) is 1. The lowest BCUT2D eigenvalue weighted by Crippen LogP contribution is -2.18. The molecule has 3 heteroatoms. The average Bonchev–Trinajstić information content (AvgIpc) is 1.88. The van der Waals surface area contributed by atoms with Crippen molar-refractivity contribution in [2.45, 2.75) is 0 Å². The maximum absolute atomic E-state index is 10.3. The molecule has 1 aromatic rings. The fourth-order valence-corrected chi connectivity index (χ4v) is 0.567. The summed E-state index contributed by atoms with van der Waals surface area (Å²) in [4.78, 5) is 10.3. The molecule has 0 aromatic heterocycles. The van der Waals surface area contributed by atoms with Gasteiger partial charge in [-0.05, 0) is 30.3 Å². The van der Waals surface area contributed by atoms with Gasteiger partial charge >= 0.3 is 6.03 Å². The van der Waals surface area contributed by atoms with E-state index in [1.54, 1.807) is 18.2 Å². The highest BCUT2D eigenvalue weighted by molar-refractivity contribution is 5.87. The molecular formula is C7H6N2O. The van der Waals surface area contributed by atoms with E-state index in [4.69, 9.17) is 5.73 Å². The number of anilines is 1. The zero-order chi connectivity index (χ0) is 7.40. The van der Waals surface area contributed by atoms with Crippen LogP contribution in [0.1, 0.15) is 0 Å². The first-order valence-electron chi connectivity index (χ1n) is 2.72. The van der Waals surface area contributed by atoms with Crippen LogP contribution in [0.4, 0.5) is 10.5 Å². The molecule has 2 amide bonds. The standard InChI is InChI=1S/C7H6N2O/c8-7(10)9-6-4-2-1-3-5-6/h1,4-5H,(H3,8,9,10).